The van der Waals surface area contributed by atoms with Crippen LogP contribution < -0.4 is 5.32 Å². The van der Waals surface area contributed by atoms with Gasteiger partial charge in [0.25, 0.3) is 0 Å². The molecule has 18 heavy (non-hydrogen) atoms. The molecule has 0 radical (unpaired) electrons. The molecule has 0 aromatic rings. The van der Waals surface area contributed by atoms with Gasteiger partial charge in [-0.3, -0.25) is 0 Å². The average Bonchev–Trinajstić information content (AvgIpc) is 2.37. The van der Waals surface area contributed by atoms with Crippen molar-refractivity contribution >= 4 is 5.97 Å². The molecule has 5 heteroatoms. The number of esters is 1. The Bertz CT molecular complexity index is 227. The van der Waals surface area contributed by atoms with Gasteiger partial charge in [-0.2, -0.15) is 0 Å². The lowest BCUT2D eigenvalue weighted by molar-refractivity contribution is -0.153. The van der Waals surface area contributed by atoms with Crippen molar-refractivity contribution in [1.82, 2.24) is 5.32 Å². The summed E-state index contributed by atoms with van der Waals surface area (Å²) in [6.45, 7) is 7.60. The highest BCUT2D eigenvalue weighted by molar-refractivity contribution is 5.70. The average molecular weight is 259 g/mol. The van der Waals surface area contributed by atoms with Gasteiger partial charge in [-0.25, -0.2) is 4.79 Å². The van der Waals surface area contributed by atoms with Crippen molar-refractivity contribution in [2.75, 3.05) is 39.5 Å². The number of hydrogen-bond acceptors (Lipinski definition) is 5. The second-order valence-corrected chi connectivity index (χ2v) is 4.95. The molecule has 0 unspecified atom stereocenters. The van der Waals surface area contributed by atoms with E-state index in [1.165, 1.54) is 0 Å². The molecule has 1 aliphatic heterocycles. The molecule has 0 saturated carbocycles. The van der Waals surface area contributed by atoms with Gasteiger partial charge >= 0.3 is 5.97 Å². The Balaban J connectivity index is 1.93. The third kappa shape index (κ3) is 7.63. The first-order valence-corrected chi connectivity index (χ1v) is 6.74. The number of hydrogen-bond donors (Lipinski definition) is 1. The van der Waals surface area contributed by atoms with Crippen LogP contribution in [0.25, 0.3) is 0 Å². The van der Waals surface area contributed by atoms with E-state index in [1.54, 1.807) is 0 Å². The largest absolute Gasteiger partial charge is 0.462 e. The molecule has 5 nitrogen and oxygen atoms in total. The van der Waals surface area contributed by atoms with Gasteiger partial charge in [-0.05, 0) is 31.8 Å². The minimum atomic E-state index is -0.304. The Morgan fingerprint density at radius 1 is 1.28 bits per heavy atom. The van der Waals surface area contributed by atoms with Crippen LogP contribution in [0.4, 0.5) is 0 Å². The summed E-state index contributed by atoms with van der Waals surface area (Å²) < 4.78 is 15.8. The molecule has 0 spiro atoms. The highest BCUT2D eigenvalue weighted by Gasteiger charge is 2.15. The molecule has 0 bridgehead atoms. The Labute approximate surface area is 109 Å². The minimum Gasteiger partial charge on any atom is -0.462 e. The van der Waals surface area contributed by atoms with Crippen LogP contribution >= 0.6 is 0 Å². The van der Waals surface area contributed by atoms with Crippen molar-refractivity contribution < 1.29 is 19.0 Å². The summed E-state index contributed by atoms with van der Waals surface area (Å²) in [6, 6.07) is 0. The smallest absolute Gasteiger partial charge is 0.332 e. The van der Waals surface area contributed by atoms with E-state index in [9.17, 15) is 4.79 Å². The summed E-state index contributed by atoms with van der Waals surface area (Å²) >= 11 is 0. The van der Waals surface area contributed by atoms with E-state index < -0.39 is 0 Å². The van der Waals surface area contributed by atoms with E-state index >= 15 is 0 Å². The van der Waals surface area contributed by atoms with Crippen LogP contribution in [0.1, 0.15) is 26.7 Å². The topological polar surface area (TPSA) is 56.8 Å². The van der Waals surface area contributed by atoms with Gasteiger partial charge in [0.05, 0.1) is 12.7 Å². The lowest BCUT2D eigenvalue weighted by atomic mass is 10.1. The molecule has 1 saturated heterocycles. The number of carbonyl (C=O) groups is 1. The SMILES string of the molecule is CC(C)COCCOC(=O)COC1CCNCC1. The molecule has 0 amide bonds. The van der Waals surface area contributed by atoms with Crippen LogP contribution in [-0.4, -0.2) is 51.6 Å². The quantitative estimate of drug-likeness (QED) is 0.520. The zero-order chi connectivity index (χ0) is 13.2. The molecular weight excluding hydrogens is 234 g/mol. The molecule has 0 atom stereocenters. The van der Waals surface area contributed by atoms with E-state index in [2.05, 4.69) is 19.2 Å². The summed E-state index contributed by atoms with van der Waals surface area (Å²) in [5.74, 6) is 0.200. The molecule has 1 fully saturated rings. The highest BCUT2D eigenvalue weighted by atomic mass is 16.6. The first kappa shape index (κ1) is 15.4. The molecule has 106 valence electrons. The van der Waals surface area contributed by atoms with Crippen LogP contribution in [0.2, 0.25) is 0 Å². The maximum atomic E-state index is 11.4. The van der Waals surface area contributed by atoms with E-state index in [0.29, 0.717) is 25.7 Å². The van der Waals surface area contributed by atoms with Gasteiger partial charge in [0.15, 0.2) is 0 Å². The molecular formula is C13H25NO4. The third-order valence-corrected chi connectivity index (χ3v) is 2.66. The van der Waals surface area contributed by atoms with Gasteiger partial charge < -0.3 is 19.5 Å². The van der Waals surface area contributed by atoms with Gasteiger partial charge in [-0.1, -0.05) is 13.8 Å². The standard InChI is InChI=1S/C13H25NO4/c1-11(2)9-16-7-8-17-13(15)10-18-12-3-5-14-6-4-12/h11-12,14H,3-10H2,1-2H3. The molecule has 0 aliphatic carbocycles. The van der Waals surface area contributed by atoms with Crippen LogP contribution in [0.15, 0.2) is 0 Å². The fourth-order valence-corrected chi connectivity index (χ4v) is 1.72. The molecule has 0 aromatic heterocycles. The van der Waals surface area contributed by atoms with E-state index in [-0.39, 0.29) is 18.7 Å². The lowest BCUT2D eigenvalue weighted by Gasteiger charge is -2.22. The Morgan fingerprint density at radius 3 is 2.67 bits per heavy atom. The number of carbonyl (C=O) groups excluding carboxylic acids is 1. The van der Waals surface area contributed by atoms with Gasteiger partial charge in [0, 0.05) is 6.61 Å². The fourth-order valence-electron chi connectivity index (χ4n) is 1.72. The van der Waals surface area contributed by atoms with E-state index in [4.69, 9.17) is 14.2 Å². The Hall–Kier alpha value is -0.650. The van der Waals surface area contributed by atoms with Crippen LogP contribution in [0.5, 0.6) is 0 Å². The van der Waals surface area contributed by atoms with Crippen molar-refractivity contribution in [2.45, 2.75) is 32.8 Å². The molecule has 1 heterocycles. The summed E-state index contributed by atoms with van der Waals surface area (Å²) in [5.41, 5.74) is 0. The summed E-state index contributed by atoms with van der Waals surface area (Å²) in [6.07, 6.45) is 2.12. The first-order chi connectivity index (χ1) is 8.68. The maximum absolute atomic E-state index is 11.4. The number of nitrogens with one attached hydrogen (secondary N) is 1. The van der Waals surface area contributed by atoms with Gasteiger partial charge in [0.1, 0.15) is 13.2 Å². The van der Waals surface area contributed by atoms with Crippen LogP contribution in [-0.2, 0) is 19.0 Å². The minimum absolute atomic E-state index is 0.0504. The Kier molecular flexibility index (Phi) is 7.96. The number of ether oxygens (including phenoxy) is 3. The zero-order valence-corrected chi connectivity index (χ0v) is 11.4. The molecule has 1 N–H and O–H groups in total. The number of rotatable bonds is 8. The van der Waals surface area contributed by atoms with Crippen molar-refractivity contribution in [3.8, 4) is 0 Å². The second-order valence-electron chi connectivity index (χ2n) is 4.95. The summed E-state index contributed by atoms with van der Waals surface area (Å²) in [4.78, 5) is 11.4. The molecule has 0 aromatic carbocycles. The third-order valence-electron chi connectivity index (χ3n) is 2.66. The highest BCUT2D eigenvalue weighted by Crippen LogP contribution is 2.06. The van der Waals surface area contributed by atoms with Crippen molar-refractivity contribution in [3.63, 3.8) is 0 Å². The van der Waals surface area contributed by atoms with Crippen LogP contribution in [0, 0.1) is 5.92 Å². The molecule has 1 aliphatic rings. The van der Waals surface area contributed by atoms with E-state index in [0.717, 1.165) is 25.9 Å². The van der Waals surface area contributed by atoms with Crippen molar-refractivity contribution in [2.24, 2.45) is 5.92 Å². The van der Waals surface area contributed by atoms with E-state index in [1.807, 2.05) is 0 Å². The maximum Gasteiger partial charge on any atom is 0.332 e. The number of piperidine rings is 1. The van der Waals surface area contributed by atoms with Gasteiger partial charge in [0.2, 0.25) is 0 Å². The molecule has 1 rings (SSSR count). The summed E-state index contributed by atoms with van der Waals surface area (Å²) in [5, 5.41) is 3.25. The van der Waals surface area contributed by atoms with Crippen LogP contribution in [0.3, 0.4) is 0 Å². The second kappa shape index (κ2) is 9.30. The zero-order valence-electron chi connectivity index (χ0n) is 11.4. The summed E-state index contributed by atoms with van der Waals surface area (Å²) in [7, 11) is 0. The lowest BCUT2D eigenvalue weighted by Crippen LogP contribution is -2.33. The predicted molar refractivity (Wildman–Crippen MR) is 68.5 cm³/mol. The van der Waals surface area contributed by atoms with Gasteiger partial charge in [-0.15, -0.1) is 0 Å². The van der Waals surface area contributed by atoms with Crippen molar-refractivity contribution in [1.29, 1.82) is 0 Å². The Morgan fingerprint density at radius 2 is 2.00 bits per heavy atom. The first-order valence-electron chi connectivity index (χ1n) is 6.74. The fraction of sp³-hybridized carbons (Fsp3) is 0.923. The normalized spacial score (nSPS) is 17.1. The predicted octanol–water partition coefficient (Wildman–Crippen LogP) is 0.971. The monoisotopic (exact) mass is 259 g/mol. The van der Waals surface area contributed by atoms with Crippen molar-refractivity contribution in [3.05, 3.63) is 0 Å².